The molecule has 0 unspecified atom stereocenters. The Kier molecular flexibility index (Phi) is 5.01. The van der Waals surface area contributed by atoms with E-state index in [-0.39, 0.29) is 0 Å². The summed E-state index contributed by atoms with van der Waals surface area (Å²) >= 11 is 0. The summed E-state index contributed by atoms with van der Waals surface area (Å²) in [6.45, 7) is 5.84. The van der Waals surface area contributed by atoms with E-state index in [0.29, 0.717) is 13.2 Å². The van der Waals surface area contributed by atoms with Gasteiger partial charge in [0.25, 0.3) is 0 Å². The maximum atomic E-state index is 5.81. The fraction of sp³-hybridized carbons (Fsp3) is 0.500. The lowest BCUT2D eigenvalue weighted by molar-refractivity contribution is 0.317. The van der Waals surface area contributed by atoms with Gasteiger partial charge in [-0.25, -0.2) is 0 Å². The van der Waals surface area contributed by atoms with Gasteiger partial charge in [-0.15, -0.1) is 0 Å². The van der Waals surface area contributed by atoms with Crippen molar-refractivity contribution in [2.75, 3.05) is 13.2 Å². The molecule has 0 amide bonds. The first-order chi connectivity index (χ1) is 7.14. The van der Waals surface area contributed by atoms with Gasteiger partial charge in [0, 0.05) is 13.2 Å². The van der Waals surface area contributed by atoms with Crippen molar-refractivity contribution in [1.29, 1.82) is 0 Å². The van der Waals surface area contributed by atoms with Crippen LogP contribution in [-0.4, -0.2) is 21.5 Å². The van der Waals surface area contributed by atoms with E-state index in [1.165, 1.54) is 5.56 Å². The molecule has 0 fully saturated rings. The summed E-state index contributed by atoms with van der Waals surface area (Å²) in [5.41, 5.74) is 6.84. The highest BCUT2D eigenvalue weighted by Crippen LogP contribution is 2.15. The monoisotopic (exact) mass is 223 g/mol. The summed E-state index contributed by atoms with van der Waals surface area (Å²) in [5, 5.41) is 0. The van der Waals surface area contributed by atoms with Crippen molar-refractivity contribution in [2.45, 2.75) is 25.6 Å². The SMILES string of the molecule is C[Si](C)(CCc1ccccc1)OCCN. The van der Waals surface area contributed by atoms with Gasteiger partial charge in [-0.3, -0.25) is 0 Å². The molecule has 0 aromatic heterocycles. The van der Waals surface area contributed by atoms with Gasteiger partial charge in [0.2, 0.25) is 0 Å². The number of hydrogen-bond acceptors (Lipinski definition) is 2. The first kappa shape index (κ1) is 12.4. The van der Waals surface area contributed by atoms with Crippen molar-refractivity contribution in [2.24, 2.45) is 5.73 Å². The molecule has 3 heteroatoms. The van der Waals surface area contributed by atoms with E-state index in [1.807, 2.05) is 0 Å². The Hall–Kier alpha value is -0.643. The Bertz CT molecular complexity index is 274. The molecule has 15 heavy (non-hydrogen) atoms. The molecule has 0 radical (unpaired) electrons. The zero-order valence-corrected chi connectivity index (χ0v) is 10.7. The fourth-order valence-corrected chi connectivity index (χ4v) is 3.20. The summed E-state index contributed by atoms with van der Waals surface area (Å²) in [6, 6.07) is 11.7. The molecule has 2 N–H and O–H groups in total. The van der Waals surface area contributed by atoms with E-state index in [4.69, 9.17) is 10.2 Å². The number of benzene rings is 1. The van der Waals surface area contributed by atoms with Gasteiger partial charge in [-0.1, -0.05) is 30.3 Å². The predicted octanol–water partition coefficient (Wildman–Crippen LogP) is 2.41. The molecule has 0 heterocycles. The molecular formula is C12H21NOSi. The second-order valence-electron chi connectivity index (χ2n) is 4.38. The smallest absolute Gasteiger partial charge is 0.187 e. The van der Waals surface area contributed by atoms with Crippen molar-refractivity contribution in [3.05, 3.63) is 35.9 Å². The molecule has 0 aliphatic rings. The molecule has 1 rings (SSSR count). The van der Waals surface area contributed by atoms with Gasteiger partial charge in [-0.2, -0.15) is 0 Å². The summed E-state index contributed by atoms with van der Waals surface area (Å²) < 4.78 is 5.81. The fourth-order valence-electron chi connectivity index (χ4n) is 1.50. The third-order valence-electron chi connectivity index (χ3n) is 2.47. The molecule has 0 aliphatic heterocycles. The second-order valence-corrected chi connectivity index (χ2v) is 8.69. The van der Waals surface area contributed by atoms with Gasteiger partial charge in [0.05, 0.1) is 0 Å². The highest BCUT2D eigenvalue weighted by Gasteiger charge is 2.21. The first-order valence-electron chi connectivity index (χ1n) is 5.52. The van der Waals surface area contributed by atoms with Crippen LogP contribution in [0.5, 0.6) is 0 Å². The van der Waals surface area contributed by atoms with E-state index >= 15 is 0 Å². The van der Waals surface area contributed by atoms with Gasteiger partial charge in [0.15, 0.2) is 8.32 Å². The molecule has 1 aromatic rings. The number of hydrogen-bond donors (Lipinski definition) is 1. The topological polar surface area (TPSA) is 35.2 Å². The van der Waals surface area contributed by atoms with E-state index < -0.39 is 8.32 Å². The van der Waals surface area contributed by atoms with Gasteiger partial charge in [0.1, 0.15) is 0 Å². The molecule has 0 saturated carbocycles. The van der Waals surface area contributed by atoms with Crippen LogP contribution in [0.2, 0.25) is 19.1 Å². The van der Waals surface area contributed by atoms with E-state index in [1.54, 1.807) is 0 Å². The third kappa shape index (κ3) is 5.11. The lowest BCUT2D eigenvalue weighted by atomic mass is 10.2. The van der Waals surface area contributed by atoms with Crippen LogP contribution in [0.1, 0.15) is 5.56 Å². The van der Waals surface area contributed by atoms with Crippen molar-refractivity contribution in [3.8, 4) is 0 Å². The van der Waals surface area contributed by atoms with Crippen LogP contribution in [0, 0.1) is 0 Å². The Morgan fingerprint density at radius 3 is 2.47 bits per heavy atom. The summed E-state index contributed by atoms with van der Waals surface area (Å²) in [6.07, 6.45) is 1.12. The van der Waals surface area contributed by atoms with Crippen LogP contribution >= 0.6 is 0 Å². The lowest BCUT2D eigenvalue weighted by Crippen LogP contribution is -2.33. The first-order valence-corrected chi connectivity index (χ1v) is 8.63. The van der Waals surface area contributed by atoms with Crippen LogP contribution in [0.15, 0.2) is 30.3 Å². The van der Waals surface area contributed by atoms with Gasteiger partial charge in [-0.05, 0) is 31.1 Å². The summed E-state index contributed by atoms with van der Waals surface area (Å²) in [4.78, 5) is 0. The lowest BCUT2D eigenvalue weighted by Gasteiger charge is -2.22. The molecule has 2 nitrogen and oxygen atoms in total. The van der Waals surface area contributed by atoms with Crippen molar-refractivity contribution >= 4 is 8.32 Å². The van der Waals surface area contributed by atoms with E-state index in [9.17, 15) is 0 Å². The Morgan fingerprint density at radius 1 is 1.20 bits per heavy atom. The van der Waals surface area contributed by atoms with Crippen molar-refractivity contribution in [1.82, 2.24) is 0 Å². The van der Waals surface area contributed by atoms with Gasteiger partial charge < -0.3 is 10.2 Å². The second kappa shape index (κ2) is 6.05. The van der Waals surface area contributed by atoms with Crippen LogP contribution < -0.4 is 5.73 Å². The molecule has 0 atom stereocenters. The zero-order valence-electron chi connectivity index (χ0n) is 9.70. The highest BCUT2D eigenvalue weighted by molar-refractivity contribution is 6.71. The molecule has 1 aromatic carbocycles. The molecular weight excluding hydrogens is 202 g/mol. The Morgan fingerprint density at radius 2 is 1.87 bits per heavy atom. The Labute approximate surface area is 93.6 Å². The highest BCUT2D eigenvalue weighted by atomic mass is 28.4. The number of aryl methyl sites for hydroxylation is 1. The molecule has 0 spiro atoms. The molecule has 0 aliphatic carbocycles. The summed E-state index contributed by atoms with van der Waals surface area (Å²) in [7, 11) is -1.49. The number of rotatable bonds is 6. The quantitative estimate of drug-likeness (QED) is 0.752. The predicted molar refractivity (Wildman–Crippen MR) is 67.4 cm³/mol. The minimum atomic E-state index is -1.49. The van der Waals surface area contributed by atoms with Crippen LogP contribution in [-0.2, 0) is 10.8 Å². The average molecular weight is 223 g/mol. The van der Waals surface area contributed by atoms with Crippen LogP contribution in [0.3, 0.4) is 0 Å². The van der Waals surface area contributed by atoms with Crippen molar-refractivity contribution in [3.63, 3.8) is 0 Å². The number of nitrogens with two attached hydrogens (primary N) is 1. The largest absolute Gasteiger partial charge is 0.416 e. The Balaban J connectivity index is 2.35. The van der Waals surface area contributed by atoms with Crippen LogP contribution in [0.25, 0.3) is 0 Å². The van der Waals surface area contributed by atoms with Crippen molar-refractivity contribution < 1.29 is 4.43 Å². The zero-order chi connectivity index (χ0) is 11.1. The normalized spacial score (nSPS) is 11.7. The maximum absolute atomic E-state index is 5.81. The minimum absolute atomic E-state index is 0.627. The standard InChI is InChI=1S/C12H21NOSi/c1-15(2,14-10-9-13)11-8-12-6-4-3-5-7-12/h3-7H,8-11,13H2,1-2H3. The van der Waals surface area contributed by atoms with Gasteiger partial charge >= 0.3 is 0 Å². The molecule has 0 bridgehead atoms. The minimum Gasteiger partial charge on any atom is -0.416 e. The van der Waals surface area contributed by atoms with E-state index in [0.717, 1.165) is 12.5 Å². The average Bonchev–Trinajstić information content (AvgIpc) is 2.25. The summed E-state index contributed by atoms with van der Waals surface area (Å²) in [5.74, 6) is 0. The van der Waals surface area contributed by atoms with Crippen LogP contribution in [0.4, 0.5) is 0 Å². The molecule has 0 saturated heterocycles. The third-order valence-corrected chi connectivity index (χ3v) is 4.91. The molecule has 84 valence electrons. The van der Waals surface area contributed by atoms with E-state index in [2.05, 4.69) is 43.4 Å². The maximum Gasteiger partial charge on any atom is 0.187 e.